The molecular formula is C13H25Cl3N4. The molecule has 0 spiro atoms. The largest absolute Gasteiger partial charge is 0.369 e. The van der Waals surface area contributed by atoms with Crippen molar-refractivity contribution >= 4 is 42.9 Å². The van der Waals surface area contributed by atoms with Gasteiger partial charge in [-0.15, -0.1) is 37.2 Å². The molecule has 0 bridgehead atoms. The number of piperazine rings is 1. The highest BCUT2D eigenvalue weighted by molar-refractivity contribution is 5.86. The van der Waals surface area contributed by atoms with Gasteiger partial charge in [-0.25, -0.2) is 0 Å². The van der Waals surface area contributed by atoms with Gasteiger partial charge in [0, 0.05) is 44.3 Å². The van der Waals surface area contributed by atoms with Gasteiger partial charge in [-0.05, 0) is 38.7 Å². The minimum absolute atomic E-state index is 0. The summed E-state index contributed by atoms with van der Waals surface area (Å²) in [6.45, 7) is 6.93. The zero-order chi connectivity index (χ0) is 11.9. The van der Waals surface area contributed by atoms with E-state index in [9.17, 15) is 0 Å². The van der Waals surface area contributed by atoms with Crippen molar-refractivity contribution in [2.24, 2.45) is 0 Å². The lowest BCUT2D eigenvalue weighted by atomic mass is 10.2. The second-order valence-corrected chi connectivity index (χ2v) is 4.49. The molecule has 0 amide bonds. The van der Waals surface area contributed by atoms with E-state index in [1.54, 1.807) is 0 Å². The fourth-order valence-corrected chi connectivity index (χ4v) is 2.26. The molecule has 7 heteroatoms. The van der Waals surface area contributed by atoms with Gasteiger partial charge in [0.05, 0.1) is 0 Å². The molecule has 0 unspecified atom stereocenters. The van der Waals surface area contributed by atoms with Crippen LogP contribution < -0.4 is 10.2 Å². The van der Waals surface area contributed by atoms with E-state index in [1.165, 1.54) is 31.7 Å². The Hall–Kier alpha value is -0.260. The summed E-state index contributed by atoms with van der Waals surface area (Å²) < 4.78 is 0. The number of pyridine rings is 1. The Bertz CT molecular complexity index is 319. The summed E-state index contributed by atoms with van der Waals surface area (Å²) in [6, 6.07) is 4.19. The number of anilines is 1. The summed E-state index contributed by atoms with van der Waals surface area (Å²) in [7, 11) is 2.02. The second kappa shape index (κ2) is 12.5. The predicted molar refractivity (Wildman–Crippen MR) is 93.2 cm³/mol. The maximum atomic E-state index is 4.06. The van der Waals surface area contributed by atoms with Gasteiger partial charge in [0.25, 0.3) is 0 Å². The molecule has 1 aliphatic rings. The van der Waals surface area contributed by atoms with Gasteiger partial charge in [0.1, 0.15) is 0 Å². The third-order valence-electron chi connectivity index (χ3n) is 3.30. The third kappa shape index (κ3) is 6.95. The maximum Gasteiger partial charge on any atom is 0.0397 e. The van der Waals surface area contributed by atoms with Gasteiger partial charge in [0.2, 0.25) is 0 Å². The van der Waals surface area contributed by atoms with Gasteiger partial charge < -0.3 is 10.2 Å². The lowest BCUT2D eigenvalue weighted by Crippen LogP contribution is -2.46. The molecular weight excluding hydrogens is 319 g/mol. The van der Waals surface area contributed by atoms with Crippen LogP contribution in [-0.2, 0) is 0 Å². The molecule has 0 aromatic carbocycles. The van der Waals surface area contributed by atoms with Crippen LogP contribution in [0, 0.1) is 0 Å². The van der Waals surface area contributed by atoms with Crippen molar-refractivity contribution < 1.29 is 0 Å². The van der Waals surface area contributed by atoms with E-state index in [-0.39, 0.29) is 37.2 Å². The summed E-state index contributed by atoms with van der Waals surface area (Å²) in [4.78, 5) is 9.05. The number of hydrogen-bond donors (Lipinski definition) is 1. The molecule has 1 aliphatic heterocycles. The molecule has 1 fully saturated rings. The highest BCUT2D eigenvalue weighted by Gasteiger charge is 2.16. The molecule has 0 radical (unpaired) electrons. The molecule has 0 atom stereocenters. The fraction of sp³-hybridized carbons (Fsp3) is 0.615. The van der Waals surface area contributed by atoms with E-state index in [2.05, 4.69) is 32.2 Å². The van der Waals surface area contributed by atoms with Crippen LogP contribution in [0.4, 0.5) is 5.69 Å². The van der Waals surface area contributed by atoms with Crippen LogP contribution >= 0.6 is 37.2 Å². The molecule has 118 valence electrons. The number of rotatable bonds is 5. The van der Waals surface area contributed by atoms with E-state index >= 15 is 0 Å². The number of hydrogen-bond acceptors (Lipinski definition) is 4. The number of nitrogens with one attached hydrogen (secondary N) is 1. The Balaban J connectivity index is 0. The molecule has 2 rings (SSSR count). The first-order chi connectivity index (χ1) is 8.40. The Labute approximate surface area is 140 Å². The molecule has 0 saturated carbocycles. The highest BCUT2D eigenvalue weighted by atomic mass is 35.5. The molecule has 1 N–H and O–H groups in total. The molecule has 2 heterocycles. The van der Waals surface area contributed by atoms with E-state index < -0.39 is 0 Å². The number of halogens is 3. The lowest BCUT2D eigenvalue weighted by Gasteiger charge is -2.36. The summed E-state index contributed by atoms with van der Waals surface area (Å²) in [6.07, 6.45) is 4.98. The van der Waals surface area contributed by atoms with Gasteiger partial charge in [-0.3, -0.25) is 9.88 Å². The molecule has 1 saturated heterocycles. The van der Waals surface area contributed by atoms with Crippen LogP contribution in [0.1, 0.15) is 6.42 Å². The molecule has 1 aromatic rings. The second-order valence-electron chi connectivity index (χ2n) is 4.49. The van der Waals surface area contributed by atoms with Crippen LogP contribution in [0.25, 0.3) is 0 Å². The first-order valence-corrected chi connectivity index (χ1v) is 6.42. The summed E-state index contributed by atoms with van der Waals surface area (Å²) in [5, 5.41) is 3.20. The van der Waals surface area contributed by atoms with Gasteiger partial charge in [-0.1, -0.05) is 0 Å². The van der Waals surface area contributed by atoms with E-state index in [0.717, 1.165) is 19.6 Å². The van der Waals surface area contributed by atoms with E-state index in [4.69, 9.17) is 0 Å². The smallest absolute Gasteiger partial charge is 0.0397 e. The number of aromatic nitrogens is 1. The van der Waals surface area contributed by atoms with E-state index in [1.807, 2.05) is 19.4 Å². The standard InChI is InChI=1S/C13H22N4.3ClH/c1-14-5-2-8-16-9-11-17(12-10-16)13-3-6-15-7-4-13;;;/h3-4,6-7,14H,2,5,8-12H2,1H3;3*1H. The predicted octanol–water partition coefficient (Wildman–Crippen LogP) is 2.08. The third-order valence-corrected chi connectivity index (χ3v) is 3.30. The summed E-state index contributed by atoms with van der Waals surface area (Å²) in [5.74, 6) is 0. The van der Waals surface area contributed by atoms with Gasteiger partial charge in [-0.2, -0.15) is 0 Å². The van der Waals surface area contributed by atoms with Crippen molar-refractivity contribution in [1.29, 1.82) is 0 Å². The van der Waals surface area contributed by atoms with Crippen molar-refractivity contribution in [2.75, 3.05) is 51.2 Å². The zero-order valence-electron chi connectivity index (χ0n) is 11.8. The Morgan fingerprint density at radius 1 is 1.05 bits per heavy atom. The first-order valence-electron chi connectivity index (χ1n) is 6.42. The van der Waals surface area contributed by atoms with Crippen LogP contribution in [0.5, 0.6) is 0 Å². The minimum Gasteiger partial charge on any atom is -0.369 e. The van der Waals surface area contributed by atoms with Crippen LogP contribution in [-0.4, -0.2) is 56.2 Å². The lowest BCUT2D eigenvalue weighted by molar-refractivity contribution is 0.254. The average Bonchev–Trinajstić information content (AvgIpc) is 2.41. The highest BCUT2D eigenvalue weighted by Crippen LogP contribution is 2.14. The zero-order valence-corrected chi connectivity index (χ0v) is 14.3. The van der Waals surface area contributed by atoms with Gasteiger partial charge >= 0.3 is 0 Å². The molecule has 4 nitrogen and oxygen atoms in total. The minimum atomic E-state index is 0. The normalized spacial score (nSPS) is 14.8. The van der Waals surface area contributed by atoms with Crippen LogP contribution in [0.15, 0.2) is 24.5 Å². The van der Waals surface area contributed by atoms with Crippen molar-refractivity contribution in [3.63, 3.8) is 0 Å². The number of nitrogens with zero attached hydrogens (tertiary/aromatic N) is 3. The SMILES string of the molecule is CNCCCN1CCN(c2ccncc2)CC1.Cl.Cl.Cl. The average molecular weight is 344 g/mol. The maximum absolute atomic E-state index is 4.06. The first kappa shape index (κ1) is 22.0. The quantitative estimate of drug-likeness (QED) is 0.830. The topological polar surface area (TPSA) is 31.4 Å². The van der Waals surface area contributed by atoms with Crippen molar-refractivity contribution in [2.45, 2.75) is 6.42 Å². The van der Waals surface area contributed by atoms with Gasteiger partial charge in [0.15, 0.2) is 0 Å². The Morgan fingerprint density at radius 3 is 2.20 bits per heavy atom. The van der Waals surface area contributed by atoms with Crippen molar-refractivity contribution in [3.8, 4) is 0 Å². The Kier molecular flexibility index (Phi) is 13.7. The van der Waals surface area contributed by atoms with Crippen LogP contribution in [0.3, 0.4) is 0 Å². The van der Waals surface area contributed by atoms with Crippen molar-refractivity contribution in [1.82, 2.24) is 15.2 Å². The Morgan fingerprint density at radius 2 is 1.65 bits per heavy atom. The monoisotopic (exact) mass is 342 g/mol. The molecule has 0 aliphatic carbocycles. The van der Waals surface area contributed by atoms with Crippen molar-refractivity contribution in [3.05, 3.63) is 24.5 Å². The summed E-state index contributed by atoms with van der Waals surface area (Å²) in [5.41, 5.74) is 1.30. The fourth-order valence-electron chi connectivity index (χ4n) is 2.26. The summed E-state index contributed by atoms with van der Waals surface area (Å²) >= 11 is 0. The van der Waals surface area contributed by atoms with Crippen LogP contribution in [0.2, 0.25) is 0 Å². The molecule has 20 heavy (non-hydrogen) atoms. The molecule has 1 aromatic heterocycles. The van der Waals surface area contributed by atoms with E-state index in [0.29, 0.717) is 0 Å².